The second-order valence-electron chi connectivity index (χ2n) is 6.64. The summed E-state index contributed by atoms with van der Waals surface area (Å²) in [5, 5.41) is 2.56. The van der Waals surface area contributed by atoms with Gasteiger partial charge in [0, 0.05) is 5.02 Å². The fourth-order valence-electron chi connectivity index (χ4n) is 3.05. The molecule has 0 saturated carbocycles. The monoisotopic (exact) mass is 564 g/mol. The first kappa shape index (κ1) is 23.6. The Hall–Kier alpha value is -3.03. The summed E-state index contributed by atoms with van der Waals surface area (Å²) in [4.78, 5) is 39.0. The minimum Gasteiger partial charge on any atom is -0.490 e. The Morgan fingerprint density at radius 2 is 1.97 bits per heavy atom. The Morgan fingerprint density at radius 3 is 2.66 bits per heavy atom. The number of barbiturate groups is 1. The van der Waals surface area contributed by atoms with Crippen LogP contribution in [-0.2, 0) is 9.59 Å². The lowest BCUT2D eigenvalue weighted by Gasteiger charge is -2.27. The summed E-state index contributed by atoms with van der Waals surface area (Å²) in [6.45, 7) is 3.99. The highest BCUT2D eigenvalue weighted by molar-refractivity contribution is 14.1. The number of hydrogen-bond acceptors (Lipinski definition) is 5. The number of ether oxygens (including phenoxy) is 2. The number of anilines is 1. The van der Waals surface area contributed by atoms with Gasteiger partial charge in [-0.2, -0.15) is 0 Å². The summed E-state index contributed by atoms with van der Waals surface area (Å²) in [5.74, 6) is 1.74. The molecule has 0 unspecified atom stereocenters. The molecule has 0 radical (unpaired) electrons. The Morgan fingerprint density at radius 1 is 1.22 bits per heavy atom. The van der Waals surface area contributed by atoms with Crippen LogP contribution >= 0.6 is 34.2 Å². The molecule has 1 N–H and O–H groups in total. The summed E-state index contributed by atoms with van der Waals surface area (Å²) < 4.78 is 11.9. The van der Waals surface area contributed by atoms with E-state index in [2.05, 4.69) is 33.8 Å². The number of nitrogens with zero attached hydrogens (tertiary/aromatic N) is 1. The standard InChI is InChI=1S/C23H18ClIN2O5/c1-4-8-32-20-17(25)10-14(11-19(20)31-5-2)9-16-21(28)26-23(30)27(22(16)29)18-12-15(24)7-6-13(18)3/h1,6-7,9-12H,5,8H2,2-3H3,(H,26,28,30)/b16-9+. The predicted octanol–water partition coefficient (Wildman–Crippen LogP) is 4.33. The second-order valence-corrected chi connectivity index (χ2v) is 8.24. The van der Waals surface area contributed by atoms with Crippen LogP contribution < -0.4 is 19.7 Å². The summed E-state index contributed by atoms with van der Waals surface area (Å²) in [5.41, 5.74) is 1.25. The lowest BCUT2D eigenvalue weighted by Crippen LogP contribution is -2.54. The van der Waals surface area contributed by atoms with Gasteiger partial charge in [-0.3, -0.25) is 14.9 Å². The van der Waals surface area contributed by atoms with E-state index < -0.39 is 17.8 Å². The van der Waals surface area contributed by atoms with Gasteiger partial charge in [0.15, 0.2) is 11.5 Å². The third-order valence-electron chi connectivity index (χ3n) is 4.46. The quantitative estimate of drug-likeness (QED) is 0.244. The van der Waals surface area contributed by atoms with E-state index in [9.17, 15) is 14.4 Å². The first-order chi connectivity index (χ1) is 15.3. The number of carbonyl (C=O) groups excluding carboxylic acids is 3. The summed E-state index contributed by atoms with van der Waals surface area (Å²) in [6, 6.07) is 7.34. The molecule has 4 amide bonds. The van der Waals surface area contributed by atoms with Crippen molar-refractivity contribution in [2.24, 2.45) is 0 Å². The van der Waals surface area contributed by atoms with Crippen LogP contribution in [0.25, 0.3) is 6.08 Å². The number of nitrogens with one attached hydrogen (secondary N) is 1. The van der Waals surface area contributed by atoms with Crippen molar-refractivity contribution in [1.29, 1.82) is 0 Å². The minimum atomic E-state index is -0.842. The zero-order valence-corrected chi connectivity index (χ0v) is 20.1. The third-order valence-corrected chi connectivity index (χ3v) is 5.49. The lowest BCUT2D eigenvalue weighted by molar-refractivity contribution is -0.122. The molecule has 0 aliphatic carbocycles. The highest BCUT2D eigenvalue weighted by Gasteiger charge is 2.37. The van der Waals surface area contributed by atoms with Gasteiger partial charge in [0.05, 0.1) is 15.9 Å². The van der Waals surface area contributed by atoms with Crippen molar-refractivity contribution in [3.63, 3.8) is 0 Å². The molecular formula is C23H18ClIN2O5. The average molecular weight is 565 g/mol. The molecule has 1 aliphatic heterocycles. The minimum absolute atomic E-state index is 0.0630. The zero-order valence-electron chi connectivity index (χ0n) is 17.2. The van der Waals surface area contributed by atoms with Crippen LogP contribution in [0, 0.1) is 22.8 Å². The van der Waals surface area contributed by atoms with Crippen molar-refractivity contribution >= 4 is 63.8 Å². The van der Waals surface area contributed by atoms with E-state index in [0.29, 0.717) is 43.5 Å². The molecule has 1 fully saturated rings. The smallest absolute Gasteiger partial charge is 0.335 e. The van der Waals surface area contributed by atoms with Gasteiger partial charge >= 0.3 is 6.03 Å². The number of imide groups is 2. The topological polar surface area (TPSA) is 84.9 Å². The van der Waals surface area contributed by atoms with Crippen LogP contribution in [0.3, 0.4) is 0 Å². The summed E-state index contributed by atoms with van der Waals surface area (Å²) in [7, 11) is 0. The van der Waals surface area contributed by atoms with E-state index in [0.717, 1.165) is 4.90 Å². The van der Waals surface area contributed by atoms with Gasteiger partial charge in [-0.1, -0.05) is 23.6 Å². The Bertz CT molecular complexity index is 1190. The van der Waals surface area contributed by atoms with Crippen molar-refractivity contribution in [2.75, 3.05) is 18.1 Å². The normalized spacial score (nSPS) is 14.9. The molecule has 1 saturated heterocycles. The van der Waals surface area contributed by atoms with E-state index in [-0.39, 0.29) is 12.2 Å². The molecule has 1 aliphatic rings. The largest absolute Gasteiger partial charge is 0.490 e. The highest BCUT2D eigenvalue weighted by atomic mass is 127. The number of halogens is 2. The Kier molecular flexibility index (Phi) is 7.43. The molecule has 2 aromatic carbocycles. The van der Waals surface area contributed by atoms with Crippen LogP contribution in [0.5, 0.6) is 11.5 Å². The maximum Gasteiger partial charge on any atom is 0.335 e. The van der Waals surface area contributed by atoms with Crippen molar-refractivity contribution in [2.45, 2.75) is 13.8 Å². The van der Waals surface area contributed by atoms with Gasteiger partial charge in [-0.05, 0) is 77.9 Å². The van der Waals surface area contributed by atoms with Crippen LogP contribution in [0.2, 0.25) is 5.02 Å². The van der Waals surface area contributed by atoms with Crippen molar-refractivity contribution in [3.05, 3.63) is 55.6 Å². The molecular weight excluding hydrogens is 547 g/mol. The average Bonchev–Trinajstić information content (AvgIpc) is 2.73. The van der Waals surface area contributed by atoms with E-state index in [1.54, 1.807) is 31.2 Å². The van der Waals surface area contributed by atoms with Crippen molar-refractivity contribution in [3.8, 4) is 23.8 Å². The molecule has 3 rings (SSSR count). The van der Waals surface area contributed by atoms with E-state index in [1.807, 2.05) is 6.92 Å². The SMILES string of the molecule is C#CCOc1c(I)cc(/C=C2\C(=O)NC(=O)N(c3cc(Cl)ccc3C)C2=O)cc1OCC. The van der Waals surface area contributed by atoms with Gasteiger partial charge in [0.1, 0.15) is 12.2 Å². The third kappa shape index (κ3) is 4.89. The number of amides is 4. The van der Waals surface area contributed by atoms with Crippen LogP contribution in [-0.4, -0.2) is 31.1 Å². The molecule has 2 aromatic rings. The zero-order chi connectivity index (χ0) is 23.4. The van der Waals surface area contributed by atoms with Crippen molar-refractivity contribution < 1.29 is 23.9 Å². The summed E-state index contributed by atoms with van der Waals surface area (Å²) >= 11 is 8.10. The molecule has 0 spiro atoms. The Balaban J connectivity index is 2.06. The molecule has 1 heterocycles. The first-order valence-corrected chi connectivity index (χ1v) is 10.9. The number of carbonyl (C=O) groups is 3. The number of hydrogen-bond donors (Lipinski definition) is 1. The lowest BCUT2D eigenvalue weighted by atomic mass is 10.1. The molecule has 7 nitrogen and oxygen atoms in total. The van der Waals surface area contributed by atoms with Gasteiger partial charge in [-0.25, -0.2) is 9.69 Å². The number of rotatable bonds is 6. The van der Waals surface area contributed by atoms with E-state index in [4.69, 9.17) is 27.5 Å². The fraction of sp³-hybridized carbons (Fsp3) is 0.174. The number of terminal acetylenes is 1. The highest BCUT2D eigenvalue weighted by Crippen LogP contribution is 2.35. The Labute approximate surface area is 203 Å². The molecule has 0 atom stereocenters. The summed E-state index contributed by atoms with van der Waals surface area (Å²) in [6.07, 6.45) is 6.67. The van der Waals surface area contributed by atoms with Gasteiger partial charge in [0.25, 0.3) is 11.8 Å². The van der Waals surface area contributed by atoms with E-state index in [1.165, 1.54) is 12.1 Å². The molecule has 32 heavy (non-hydrogen) atoms. The molecule has 9 heteroatoms. The maximum absolute atomic E-state index is 13.2. The van der Waals surface area contributed by atoms with Gasteiger partial charge < -0.3 is 9.47 Å². The van der Waals surface area contributed by atoms with Crippen LogP contribution in [0.1, 0.15) is 18.1 Å². The van der Waals surface area contributed by atoms with Crippen molar-refractivity contribution in [1.82, 2.24) is 5.32 Å². The molecule has 164 valence electrons. The number of benzene rings is 2. The van der Waals surface area contributed by atoms with Crippen LogP contribution in [0.4, 0.5) is 10.5 Å². The predicted molar refractivity (Wildman–Crippen MR) is 130 cm³/mol. The van der Waals surface area contributed by atoms with Crippen LogP contribution in [0.15, 0.2) is 35.9 Å². The first-order valence-electron chi connectivity index (χ1n) is 9.47. The fourth-order valence-corrected chi connectivity index (χ4v) is 4.00. The number of urea groups is 1. The maximum atomic E-state index is 13.2. The van der Waals surface area contributed by atoms with Gasteiger partial charge in [0.2, 0.25) is 0 Å². The van der Waals surface area contributed by atoms with E-state index >= 15 is 0 Å². The number of aryl methyl sites for hydroxylation is 1. The van der Waals surface area contributed by atoms with Gasteiger partial charge in [-0.15, -0.1) is 6.42 Å². The molecule has 0 aromatic heterocycles. The molecule has 0 bridgehead atoms. The second kappa shape index (κ2) is 10.1.